The van der Waals surface area contributed by atoms with Crippen LogP contribution in [0.3, 0.4) is 0 Å². The van der Waals surface area contributed by atoms with Crippen LogP contribution >= 0.6 is 0 Å². The number of hydrogen-bond acceptors (Lipinski definition) is 6. The zero-order valence-corrected chi connectivity index (χ0v) is 16.2. The third kappa shape index (κ3) is 4.07. The van der Waals surface area contributed by atoms with E-state index in [1.807, 2.05) is 6.92 Å². The van der Waals surface area contributed by atoms with E-state index < -0.39 is 0 Å². The Balaban J connectivity index is 1.75. The van der Waals surface area contributed by atoms with Gasteiger partial charge in [-0.3, -0.25) is 4.79 Å². The largest absolute Gasteiger partial charge is 0.443 e. The third-order valence-corrected chi connectivity index (χ3v) is 5.03. The number of rotatable bonds is 6. The van der Waals surface area contributed by atoms with Gasteiger partial charge in [-0.15, -0.1) is 0 Å². The summed E-state index contributed by atoms with van der Waals surface area (Å²) < 4.78 is 24.8. The lowest BCUT2D eigenvalue weighted by molar-refractivity contribution is 0.0948. The summed E-state index contributed by atoms with van der Waals surface area (Å²) in [7, 11) is 0. The maximum Gasteiger partial charge on any atom is 0.273 e. The smallest absolute Gasteiger partial charge is 0.273 e. The Bertz CT molecular complexity index is 974. The molecule has 0 spiro atoms. The third-order valence-electron chi connectivity index (χ3n) is 5.03. The van der Waals surface area contributed by atoms with Crippen LogP contribution in [0, 0.1) is 5.82 Å². The van der Waals surface area contributed by atoms with Crippen molar-refractivity contribution in [3.05, 3.63) is 47.8 Å². The van der Waals surface area contributed by atoms with Crippen molar-refractivity contribution < 1.29 is 18.1 Å². The Kier molecular flexibility index (Phi) is 5.71. The maximum absolute atomic E-state index is 13.4. The lowest BCUT2D eigenvalue weighted by atomic mass is 9.91. The van der Waals surface area contributed by atoms with Gasteiger partial charge in [-0.1, -0.05) is 12.1 Å². The van der Waals surface area contributed by atoms with E-state index in [0.717, 1.165) is 32.4 Å². The summed E-state index contributed by atoms with van der Waals surface area (Å²) in [6, 6.07) is 6.02. The highest BCUT2D eigenvalue weighted by Gasteiger charge is 2.30. The quantitative estimate of drug-likeness (QED) is 0.657. The first-order valence-electron chi connectivity index (χ1n) is 9.87. The highest BCUT2D eigenvalue weighted by atomic mass is 19.1. The highest BCUT2D eigenvalue weighted by Crippen LogP contribution is 2.40. The molecule has 4 rings (SSSR count). The van der Waals surface area contributed by atoms with Gasteiger partial charge in [-0.2, -0.15) is 0 Å². The van der Waals surface area contributed by atoms with Crippen molar-refractivity contribution in [1.29, 1.82) is 0 Å². The molecule has 3 heterocycles. The minimum Gasteiger partial charge on any atom is -0.443 e. The molecular weight excluding hydrogens is 375 g/mol. The lowest BCUT2D eigenvalue weighted by Gasteiger charge is -2.20. The van der Waals surface area contributed by atoms with Gasteiger partial charge in [-0.05, 0) is 56.6 Å². The fraction of sp³-hybridized carbons (Fsp3) is 0.381. The van der Waals surface area contributed by atoms with E-state index in [9.17, 15) is 9.18 Å². The van der Waals surface area contributed by atoms with Gasteiger partial charge in [-0.25, -0.2) is 9.37 Å². The number of nitrogens with one attached hydrogen (secondary N) is 2. The Morgan fingerprint density at radius 2 is 2.03 bits per heavy atom. The van der Waals surface area contributed by atoms with Crippen molar-refractivity contribution in [3.63, 3.8) is 0 Å². The average Bonchev–Trinajstić information content (AvgIpc) is 3.40. The van der Waals surface area contributed by atoms with E-state index >= 15 is 0 Å². The van der Waals surface area contributed by atoms with E-state index in [0.29, 0.717) is 29.1 Å². The maximum atomic E-state index is 13.4. The van der Waals surface area contributed by atoms with Crippen LogP contribution in [-0.2, 0) is 0 Å². The van der Waals surface area contributed by atoms with Crippen molar-refractivity contribution in [2.45, 2.75) is 32.1 Å². The Morgan fingerprint density at radius 1 is 1.28 bits per heavy atom. The predicted molar refractivity (Wildman–Crippen MR) is 105 cm³/mol. The number of aromatic nitrogens is 2. The van der Waals surface area contributed by atoms with Crippen LogP contribution in [0.25, 0.3) is 22.7 Å². The van der Waals surface area contributed by atoms with Crippen molar-refractivity contribution in [1.82, 2.24) is 20.8 Å². The first-order chi connectivity index (χ1) is 14.2. The predicted octanol–water partition coefficient (Wildman–Crippen LogP) is 3.74. The number of carbonyl (C=O) groups is 1. The first-order valence-corrected chi connectivity index (χ1v) is 9.87. The highest BCUT2D eigenvalue weighted by molar-refractivity contribution is 5.92. The molecular formula is C21H23FN4O3. The molecule has 7 nitrogen and oxygen atoms in total. The number of nitrogens with zero attached hydrogens (tertiary/aromatic N) is 2. The second kappa shape index (κ2) is 8.57. The monoisotopic (exact) mass is 398 g/mol. The van der Waals surface area contributed by atoms with Crippen LogP contribution in [-0.4, -0.2) is 35.7 Å². The molecule has 0 aliphatic carbocycles. The number of carbonyl (C=O) groups excluding carboxylic acids is 1. The summed E-state index contributed by atoms with van der Waals surface area (Å²) in [5.74, 6) is 0.514. The summed E-state index contributed by atoms with van der Waals surface area (Å²) in [6.45, 7) is 4.31. The van der Waals surface area contributed by atoms with Crippen LogP contribution < -0.4 is 10.6 Å². The average molecular weight is 398 g/mol. The van der Waals surface area contributed by atoms with E-state index in [-0.39, 0.29) is 29.2 Å². The van der Waals surface area contributed by atoms with Crippen molar-refractivity contribution >= 4 is 5.91 Å². The molecule has 0 radical (unpaired) electrons. The minimum atomic E-state index is -0.330. The molecule has 8 heteroatoms. The Morgan fingerprint density at radius 3 is 2.76 bits per heavy atom. The molecule has 1 amide bonds. The standard InChI is InChI=1S/C21H23FN4O3/c1-2-9-24-20(27)16-12-28-21(25-16)17-18(13-3-5-15(22)6-4-13)26-29-19(17)14-7-10-23-11-8-14/h3-6,12,14,23H,2,7-11H2,1H3,(H,24,27). The fourth-order valence-corrected chi connectivity index (χ4v) is 3.50. The topological polar surface area (TPSA) is 93.2 Å². The molecule has 29 heavy (non-hydrogen) atoms. The normalized spacial score (nSPS) is 14.8. The molecule has 1 fully saturated rings. The van der Waals surface area contributed by atoms with E-state index in [4.69, 9.17) is 8.94 Å². The van der Waals surface area contributed by atoms with Gasteiger partial charge >= 0.3 is 0 Å². The SMILES string of the molecule is CCCNC(=O)c1coc(-c2c(-c3ccc(F)cc3)noc2C2CCNCC2)n1. The molecule has 2 aromatic heterocycles. The second-order valence-corrected chi connectivity index (χ2v) is 7.10. The summed E-state index contributed by atoms with van der Waals surface area (Å²) in [5, 5.41) is 10.4. The van der Waals surface area contributed by atoms with Crippen molar-refractivity contribution in [3.8, 4) is 22.7 Å². The van der Waals surface area contributed by atoms with Gasteiger partial charge in [0.15, 0.2) is 11.5 Å². The van der Waals surface area contributed by atoms with Crippen LogP contribution in [0.2, 0.25) is 0 Å². The number of piperidine rings is 1. The molecule has 1 aliphatic heterocycles. The molecule has 0 unspecified atom stereocenters. The summed E-state index contributed by atoms with van der Waals surface area (Å²) in [4.78, 5) is 16.6. The van der Waals surface area contributed by atoms with Gasteiger partial charge < -0.3 is 19.6 Å². The lowest BCUT2D eigenvalue weighted by Crippen LogP contribution is -2.26. The number of halogens is 1. The van der Waals surface area contributed by atoms with Gasteiger partial charge in [0.25, 0.3) is 5.91 Å². The van der Waals surface area contributed by atoms with Crippen molar-refractivity contribution in [2.24, 2.45) is 0 Å². The van der Waals surface area contributed by atoms with Gasteiger partial charge in [0, 0.05) is 18.0 Å². The summed E-state index contributed by atoms with van der Waals surface area (Å²) >= 11 is 0. The number of hydrogen-bond donors (Lipinski definition) is 2. The van der Waals surface area contributed by atoms with Crippen LogP contribution in [0.15, 0.2) is 39.5 Å². The zero-order chi connectivity index (χ0) is 20.2. The van der Waals surface area contributed by atoms with Crippen LogP contribution in [0.5, 0.6) is 0 Å². The zero-order valence-electron chi connectivity index (χ0n) is 16.2. The van der Waals surface area contributed by atoms with E-state index in [1.165, 1.54) is 18.4 Å². The van der Waals surface area contributed by atoms with Gasteiger partial charge in [0.1, 0.15) is 23.3 Å². The Hall–Kier alpha value is -3.00. The summed E-state index contributed by atoms with van der Waals surface area (Å²) in [6.07, 6.45) is 3.97. The van der Waals surface area contributed by atoms with Crippen LogP contribution in [0.1, 0.15) is 48.4 Å². The minimum absolute atomic E-state index is 0.164. The van der Waals surface area contributed by atoms with Gasteiger partial charge in [0.2, 0.25) is 5.89 Å². The van der Waals surface area contributed by atoms with Crippen LogP contribution in [0.4, 0.5) is 4.39 Å². The first kappa shape index (κ1) is 19.3. The van der Waals surface area contributed by atoms with Crippen molar-refractivity contribution in [2.75, 3.05) is 19.6 Å². The molecule has 0 saturated carbocycles. The molecule has 2 N–H and O–H groups in total. The number of benzene rings is 1. The molecule has 1 saturated heterocycles. The molecule has 1 aromatic carbocycles. The molecule has 0 bridgehead atoms. The molecule has 152 valence electrons. The molecule has 1 aliphatic rings. The van der Waals surface area contributed by atoms with Gasteiger partial charge in [0.05, 0.1) is 0 Å². The van der Waals surface area contributed by atoms with E-state index in [1.54, 1.807) is 12.1 Å². The van der Waals surface area contributed by atoms with E-state index in [2.05, 4.69) is 20.8 Å². The Labute approximate surface area is 167 Å². The molecule has 0 atom stereocenters. The number of amides is 1. The number of oxazole rings is 1. The second-order valence-electron chi connectivity index (χ2n) is 7.10. The molecule has 3 aromatic rings. The fourth-order valence-electron chi connectivity index (χ4n) is 3.50. The summed E-state index contributed by atoms with van der Waals surface area (Å²) in [5.41, 5.74) is 2.05.